The quantitative estimate of drug-likeness (QED) is 0.520. The Labute approximate surface area is 137 Å². The molecule has 2 aromatic rings. The SMILES string of the molecule is CCc1ccccc1OCCCOc1ccc(C=O)cc1OC. The zero-order valence-corrected chi connectivity index (χ0v) is 13.6. The molecule has 0 unspecified atom stereocenters. The summed E-state index contributed by atoms with van der Waals surface area (Å²) in [5.74, 6) is 2.13. The Morgan fingerprint density at radius 2 is 1.70 bits per heavy atom. The van der Waals surface area contributed by atoms with Gasteiger partial charge < -0.3 is 14.2 Å². The number of methoxy groups -OCH3 is 1. The summed E-state index contributed by atoms with van der Waals surface area (Å²) in [6, 6.07) is 13.2. The summed E-state index contributed by atoms with van der Waals surface area (Å²) < 4.78 is 16.7. The lowest BCUT2D eigenvalue weighted by molar-refractivity contribution is 0.112. The maximum absolute atomic E-state index is 10.8. The number of para-hydroxylation sites is 1. The van der Waals surface area contributed by atoms with E-state index in [9.17, 15) is 4.79 Å². The van der Waals surface area contributed by atoms with Crippen LogP contribution in [-0.4, -0.2) is 26.6 Å². The van der Waals surface area contributed by atoms with Gasteiger partial charge in [0.15, 0.2) is 11.5 Å². The molecule has 0 fully saturated rings. The van der Waals surface area contributed by atoms with Gasteiger partial charge in [-0.25, -0.2) is 0 Å². The van der Waals surface area contributed by atoms with Crippen molar-refractivity contribution in [2.24, 2.45) is 0 Å². The lowest BCUT2D eigenvalue weighted by Gasteiger charge is -2.12. The molecule has 23 heavy (non-hydrogen) atoms. The third kappa shape index (κ3) is 4.74. The molecule has 0 aromatic heterocycles. The minimum atomic E-state index is 0.519. The topological polar surface area (TPSA) is 44.8 Å². The van der Waals surface area contributed by atoms with E-state index in [1.54, 1.807) is 25.3 Å². The molecule has 2 aromatic carbocycles. The van der Waals surface area contributed by atoms with Crippen molar-refractivity contribution >= 4 is 6.29 Å². The van der Waals surface area contributed by atoms with E-state index in [-0.39, 0.29) is 0 Å². The highest BCUT2D eigenvalue weighted by Crippen LogP contribution is 2.27. The van der Waals surface area contributed by atoms with Crippen LogP contribution in [0, 0.1) is 0 Å². The highest BCUT2D eigenvalue weighted by atomic mass is 16.5. The van der Waals surface area contributed by atoms with Gasteiger partial charge in [0.1, 0.15) is 12.0 Å². The molecule has 0 atom stereocenters. The van der Waals surface area contributed by atoms with Gasteiger partial charge in [-0.15, -0.1) is 0 Å². The highest BCUT2D eigenvalue weighted by Gasteiger charge is 2.06. The first kappa shape index (κ1) is 16.9. The van der Waals surface area contributed by atoms with Crippen LogP contribution in [-0.2, 0) is 6.42 Å². The van der Waals surface area contributed by atoms with E-state index in [2.05, 4.69) is 13.0 Å². The van der Waals surface area contributed by atoms with Crippen molar-refractivity contribution in [1.29, 1.82) is 0 Å². The van der Waals surface area contributed by atoms with E-state index in [4.69, 9.17) is 14.2 Å². The van der Waals surface area contributed by atoms with E-state index in [1.165, 1.54) is 5.56 Å². The van der Waals surface area contributed by atoms with Crippen LogP contribution >= 0.6 is 0 Å². The van der Waals surface area contributed by atoms with Gasteiger partial charge in [0.2, 0.25) is 0 Å². The minimum Gasteiger partial charge on any atom is -0.493 e. The zero-order chi connectivity index (χ0) is 16.5. The molecule has 0 bridgehead atoms. The summed E-state index contributed by atoms with van der Waals surface area (Å²) in [7, 11) is 1.56. The first-order valence-corrected chi connectivity index (χ1v) is 7.75. The Morgan fingerprint density at radius 3 is 2.39 bits per heavy atom. The van der Waals surface area contributed by atoms with E-state index in [0.29, 0.717) is 30.3 Å². The number of carbonyl (C=O) groups excluding carboxylic acids is 1. The van der Waals surface area contributed by atoms with Crippen molar-refractivity contribution in [1.82, 2.24) is 0 Å². The second-order valence-electron chi connectivity index (χ2n) is 5.04. The molecule has 0 saturated carbocycles. The number of ether oxygens (including phenoxy) is 3. The summed E-state index contributed by atoms with van der Waals surface area (Å²) in [6.45, 7) is 3.22. The molecule has 4 heteroatoms. The summed E-state index contributed by atoms with van der Waals surface area (Å²) in [6.07, 6.45) is 2.49. The third-order valence-corrected chi connectivity index (χ3v) is 3.48. The minimum absolute atomic E-state index is 0.519. The predicted octanol–water partition coefficient (Wildman–Crippen LogP) is 3.92. The van der Waals surface area contributed by atoms with Crippen LogP contribution in [0.4, 0.5) is 0 Å². The first-order chi connectivity index (χ1) is 11.3. The van der Waals surface area contributed by atoms with Crippen molar-refractivity contribution in [2.75, 3.05) is 20.3 Å². The van der Waals surface area contributed by atoms with Crippen molar-refractivity contribution in [3.05, 3.63) is 53.6 Å². The number of benzene rings is 2. The second kappa shape index (κ2) is 8.83. The molecule has 0 N–H and O–H groups in total. The molecule has 0 spiro atoms. The Bertz CT molecular complexity index is 637. The summed E-state index contributed by atoms with van der Waals surface area (Å²) in [4.78, 5) is 10.8. The smallest absolute Gasteiger partial charge is 0.161 e. The molecule has 0 radical (unpaired) electrons. The largest absolute Gasteiger partial charge is 0.493 e. The highest BCUT2D eigenvalue weighted by molar-refractivity contribution is 5.76. The second-order valence-corrected chi connectivity index (χ2v) is 5.04. The van der Waals surface area contributed by atoms with Crippen LogP contribution in [0.25, 0.3) is 0 Å². The van der Waals surface area contributed by atoms with Gasteiger partial charge in [-0.05, 0) is 36.2 Å². The van der Waals surface area contributed by atoms with Crippen molar-refractivity contribution in [3.8, 4) is 17.2 Å². The van der Waals surface area contributed by atoms with Crippen LogP contribution in [0.15, 0.2) is 42.5 Å². The molecular weight excluding hydrogens is 292 g/mol. The molecule has 0 aliphatic carbocycles. The Kier molecular flexibility index (Phi) is 6.48. The van der Waals surface area contributed by atoms with Gasteiger partial charge in [-0.1, -0.05) is 25.1 Å². The van der Waals surface area contributed by atoms with Gasteiger partial charge in [-0.2, -0.15) is 0 Å². The van der Waals surface area contributed by atoms with Crippen molar-refractivity contribution in [3.63, 3.8) is 0 Å². The lowest BCUT2D eigenvalue weighted by Crippen LogP contribution is -2.06. The van der Waals surface area contributed by atoms with Crippen LogP contribution < -0.4 is 14.2 Å². The molecule has 0 amide bonds. The van der Waals surface area contributed by atoms with E-state index in [0.717, 1.165) is 24.9 Å². The molecule has 0 aliphatic rings. The fourth-order valence-electron chi connectivity index (χ4n) is 2.24. The van der Waals surface area contributed by atoms with Crippen molar-refractivity contribution in [2.45, 2.75) is 19.8 Å². The van der Waals surface area contributed by atoms with Crippen LogP contribution in [0.3, 0.4) is 0 Å². The summed E-state index contributed by atoms with van der Waals surface area (Å²) >= 11 is 0. The number of hydrogen-bond donors (Lipinski definition) is 0. The number of carbonyl (C=O) groups is 1. The van der Waals surface area contributed by atoms with Gasteiger partial charge in [0.25, 0.3) is 0 Å². The molecule has 122 valence electrons. The van der Waals surface area contributed by atoms with E-state index < -0.39 is 0 Å². The van der Waals surface area contributed by atoms with Crippen LogP contribution in [0.2, 0.25) is 0 Å². The van der Waals surface area contributed by atoms with E-state index in [1.807, 2.05) is 18.2 Å². The molecule has 2 rings (SSSR count). The Hall–Kier alpha value is -2.49. The average molecular weight is 314 g/mol. The number of aryl methyl sites for hydroxylation is 1. The van der Waals surface area contributed by atoms with Crippen LogP contribution in [0.1, 0.15) is 29.3 Å². The van der Waals surface area contributed by atoms with E-state index >= 15 is 0 Å². The van der Waals surface area contributed by atoms with Gasteiger partial charge in [0, 0.05) is 12.0 Å². The van der Waals surface area contributed by atoms with Crippen LogP contribution in [0.5, 0.6) is 17.2 Å². The maximum Gasteiger partial charge on any atom is 0.161 e. The normalized spacial score (nSPS) is 10.2. The summed E-state index contributed by atoms with van der Waals surface area (Å²) in [5, 5.41) is 0. The Morgan fingerprint density at radius 1 is 0.957 bits per heavy atom. The Balaban J connectivity index is 1.80. The number of hydrogen-bond acceptors (Lipinski definition) is 4. The lowest BCUT2D eigenvalue weighted by atomic mass is 10.1. The molecule has 0 aliphatic heterocycles. The number of rotatable bonds is 9. The zero-order valence-electron chi connectivity index (χ0n) is 13.6. The standard InChI is InChI=1S/C19H22O4/c1-3-16-7-4-5-8-17(16)22-11-6-12-23-18-10-9-15(14-20)13-19(18)21-2/h4-5,7-10,13-14H,3,6,11-12H2,1-2H3. The number of aldehydes is 1. The molecular formula is C19H22O4. The molecule has 0 heterocycles. The maximum atomic E-state index is 10.8. The van der Waals surface area contributed by atoms with Crippen molar-refractivity contribution < 1.29 is 19.0 Å². The van der Waals surface area contributed by atoms with Gasteiger partial charge in [0.05, 0.1) is 20.3 Å². The molecule has 4 nitrogen and oxygen atoms in total. The summed E-state index contributed by atoms with van der Waals surface area (Å²) in [5.41, 5.74) is 1.77. The fourth-order valence-corrected chi connectivity index (χ4v) is 2.24. The fraction of sp³-hybridized carbons (Fsp3) is 0.316. The van der Waals surface area contributed by atoms with Gasteiger partial charge in [-0.3, -0.25) is 4.79 Å². The first-order valence-electron chi connectivity index (χ1n) is 7.75. The van der Waals surface area contributed by atoms with Gasteiger partial charge >= 0.3 is 0 Å². The molecule has 0 saturated heterocycles. The average Bonchev–Trinajstić information content (AvgIpc) is 2.61. The monoisotopic (exact) mass is 314 g/mol. The predicted molar refractivity (Wildman–Crippen MR) is 89.8 cm³/mol. The third-order valence-electron chi connectivity index (χ3n) is 3.48.